The van der Waals surface area contributed by atoms with Gasteiger partial charge in [0, 0.05) is 33.7 Å². The Morgan fingerprint density at radius 2 is 1.96 bits per heavy atom. The first-order valence-electron chi connectivity index (χ1n) is 7.15. The van der Waals surface area contributed by atoms with Gasteiger partial charge in [-0.25, -0.2) is 4.39 Å². The van der Waals surface area contributed by atoms with Crippen LogP contribution < -0.4 is 10.1 Å². The largest absolute Gasteiger partial charge is 0.494 e. The molecule has 0 aliphatic carbocycles. The van der Waals surface area contributed by atoms with Gasteiger partial charge >= 0.3 is 0 Å². The molecule has 0 atom stereocenters. The lowest BCUT2D eigenvalue weighted by Crippen LogP contribution is -2.25. The van der Waals surface area contributed by atoms with E-state index >= 15 is 0 Å². The molecule has 0 radical (unpaired) electrons. The summed E-state index contributed by atoms with van der Waals surface area (Å²) in [5.74, 6) is 0.567. The van der Waals surface area contributed by atoms with Crippen LogP contribution in [0, 0.1) is 5.82 Å². The minimum atomic E-state index is -0.562. The molecule has 0 aliphatic heterocycles. The number of amides is 1. The van der Waals surface area contributed by atoms with Crippen LogP contribution in [-0.4, -0.2) is 25.3 Å². The average Bonchev–Trinajstić information content (AvgIpc) is 2.56. The zero-order chi connectivity index (χ0) is 17.5. The van der Waals surface area contributed by atoms with Gasteiger partial charge in [-0.05, 0) is 35.9 Å². The first kappa shape index (κ1) is 18.9. The summed E-state index contributed by atoms with van der Waals surface area (Å²) in [7, 11) is 1.38. The maximum atomic E-state index is 13.6. The van der Waals surface area contributed by atoms with E-state index in [-0.39, 0.29) is 17.2 Å². The zero-order valence-corrected chi connectivity index (χ0v) is 15.3. The third-order valence-electron chi connectivity index (χ3n) is 3.25. The Balaban J connectivity index is 1.78. The van der Waals surface area contributed by atoms with E-state index in [0.29, 0.717) is 28.1 Å². The van der Waals surface area contributed by atoms with Crippen LogP contribution in [0.5, 0.6) is 5.75 Å². The molecule has 2 aromatic carbocycles. The van der Waals surface area contributed by atoms with Crippen LogP contribution in [0.4, 0.5) is 4.39 Å². The number of carbonyl (C=O) groups is 1. The SMILES string of the molecule is COc1ccc(C(=O)NCCSCc2c(Cl)cccc2Cl)cc1F. The first-order chi connectivity index (χ1) is 11.5. The van der Waals surface area contributed by atoms with Crippen LogP contribution >= 0.6 is 35.0 Å². The van der Waals surface area contributed by atoms with Crippen molar-refractivity contribution in [3.8, 4) is 5.75 Å². The van der Waals surface area contributed by atoms with Crippen LogP contribution in [0.15, 0.2) is 36.4 Å². The number of nitrogens with one attached hydrogen (secondary N) is 1. The fourth-order valence-corrected chi connectivity index (χ4v) is 3.59. The van der Waals surface area contributed by atoms with Crippen LogP contribution in [0.1, 0.15) is 15.9 Å². The number of ether oxygens (including phenoxy) is 1. The Labute approximate surface area is 154 Å². The molecule has 0 fully saturated rings. The molecular formula is C17H16Cl2FNO2S. The third kappa shape index (κ3) is 5.03. The number of thioether (sulfide) groups is 1. The molecule has 0 heterocycles. The third-order valence-corrected chi connectivity index (χ3v) is 4.95. The maximum Gasteiger partial charge on any atom is 0.251 e. The number of benzene rings is 2. The van der Waals surface area contributed by atoms with E-state index in [4.69, 9.17) is 27.9 Å². The fraction of sp³-hybridized carbons (Fsp3) is 0.235. The lowest BCUT2D eigenvalue weighted by molar-refractivity contribution is 0.0955. The van der Waals surface area contributed by atoms with E-state index in [0.717, 1.165) is 11.6 Å². The predicted octanol–water partition coefficient (Wildman–Crippen LogP) is 4.80. The van der Waals surface area contributed by atoms with Gasteiger partial charge in [0.25, 0.3) is 5.91 Å². The van der Waals surface area contributed by atoms with Crippen molar-refractivity contribution in [2.45, 2.75) is 5.75 Å². The predicted molar refractivity (Wildman–Crippen MR) is 97.9 cm³/mol. The topological polar surface area (TPSA) is 38.3 Å². The molecule has 1 amide bonds. The van der Waals surface area contributed by atoms with Crippen molar-refractivity contribution in [2.75, 3.05) is 19.4 Å². The summed E-state index contributed by atoms with van der Waals surface area (Å²) in [6.45, 7) is 0.458. The molecule has 0 saturated carbocycles. The molecule has 128 valence electrons. The highest BCUT2D eigenvalue weighted by atomic mass is 35.5. The molecule has 2 aromatic rings. The Morgan fingerprint density at radius 1 is 1.25 bits per heavy atom. The van der Waals surface area contributed by atoms with Crippen molar-refractivity contribution in [1.82, 2.24) is 5.32 Å². The molecule has 0 unspecified atom stereocenters. The van der Waals surface area contributed by atoms with Crippen molar-refractivity contribution < 1.29 is 13.9 Å². The van der Waals surface area contributed by atoms with Crippen LogP contribution in [0.3, 0.4) is 0 Å². The molecule has 3 nitrogen and oxygen atoms in total. The molecule has 0 saturated heterocycles. The van der Waals surface area contributed by atoms with Crippen LogP contribution in [0.2, 0.25) is 10.0 Å². The van der Waals surface area contributed by atoms with Crippen molar-refractivity contribution in [3.05, 3.63) is 63.4 Å². The lowest BCUT2D eigenvalue weighted by atomic mass is 10.2. The van der Waals surface area contributed by atoms with Gasteiger partial charge in [0.1, 0.15) is 0 Å². The summed E-state index contributed by atoms with van der Waals surface area (Å²) in [6, 6.07) is 9.50. The van der Waals surface area contributed by atoms with Gasteiger partial charge in [0.15, 0.2) is 11.6 Å². The molecule has 24 heavy (non-hydrogen) atoms. The van der Waals surface area contributed by atoms with E-state index in [1.54, 1.807) is 30.0 Å². The highest BCUT2D eigenvalue weighted by molar-refractivity contribution is 7.98. The number of methoxy groups -OCH3 is 1. The number of rotatable bonds is 7. The van der Waals surface area contributed by atoms with E-state index in [2.05, 4.69) is 5.32 Å². The highest BCUT2D eigenvalue weighted by Crippen LogP contribution is 2.28. The second kappa shape index (κ2) is 9.16. The Morgan fingerprint density at radius 3 is 2.58 bits per heavy atom. The molecule has 2 rings (SSSR count). The Hall–Kier alpha value is -1.43. The zero-order valence-electron chi connectivity index (χ0n) is 12.9. The number of halogens is 3. The van der Waals surface area contributed by atoms with Gasteiger partial charge < -0.3 is 10.1 Å². The van der Waals surface area contributed by atoms with Crippen molar-refractivity contribution in [3.63, 3.8) is 0 Å². The molecule has 0 aliphatic rings. The van der Waals surface area contributed by atoms with E-state index in [1.807, 2.05) is 0 Å². The van der Waals surface area contributed by atoms with Crippen molar-refractivity contribution in [1.29, 1.82) is 0 Å². The Kier molecular flexibility index (Phi) is 7.21. The Bertz CT molecular complexity index is 707. The average molecular weight is 388 g/mol. The van der Waals surface area contributed by atoms with E-state index < -0.39 is 5.82 Å². The summed E-state index contributed by atoms with van der Waals surface area (Å²) in [5.41, 5.74) is 1.14. The fourth-order valence-electron chi connectivity index (χ4n) is 1.99. The summed E-state index contributed by atoms with van der Waals surface area (Å²) in [4.78, 5) is 12.0. The highest BCUT2D eigenvalue weighted by Gasteiger charge is 2.10. The minimum Gasteiger partial charge on any atom is -0.494 e. The van der Waals surface area contributed by atoms with Gasteiger partial charge in [0.05, 0.1) is 7.11 Å². The molecule has 0 aromatic heterocycles. The smallest absolute Gasteiger partial charge is 0.251 e. The number of hydrogen-bond acceptors (Lipinski definition) is 3. The van der Waals surface area contributed by atoms with Crippen molar-refractivity contribution >= 4 is 40.9 Å². The van der Waals surface area contributed by atoms with Gasteiger partial charge in [0.2, 0.25) is 0 Å². The summed E-state index contributed by atoms with van der Waals surface area (Å²) in [6.07, 6.45) is 0. The molecule has 1 N–H and O–H groups in total. The van der Waals surface area contributed by atoms with Gasteiger partial charge in [-0.1, -0.05) is 29.3 Å². The number of hydrogen-bond donors (Lipinski definition) is 1. The van der Waals surface area contributed by atoms with E-state index in [1.165, 1.54) is 19.2 Å². The standard InChI is InChI=1S/C17H16Cl2FNO2S/c1-23-16-6-5-11(9-15(16)20)17(22)21-7-8-24-10-12-13(18)3-2-4-14(12)19/h2-6,9H,7-8,10H2,1H3,(H,21,22). The van der Waals surface area contributed by atoms with Gasteiger partial charge in [-0.3, -0.25) is 4.79 Å². The monoisotopic (exact) mass is 387 g/mol. The normalized spacial score (nSPS) is 10.5. The number of carbonyl (C=O) groups excluding carboxylic acids is 1. The van der Waals surface area contributed by atoms with Crippen LogP contribution in [0.25, 0.3) is 0 Å². The summed E-state index contributed by atoms with van der Waals surface area (Å²) in [5, 5.41) is 4.01. The van der Waals surface area contributed by atoms with Crippen molar-refractivity contribution in [2.24, 2.45) is 0 Å². The molecule has 7 heteroatoms. The maximum absolute atomic E-state index is 13.6. The lowest BCUT2D eigenvalue weighted by Gasteiger charge is -2.08. The van der Waals surface area contributed by atoms with E-state index in [9.17, 15) is 9.18 Å². The first-order valence-corrected chi connectivity index (χ1v) is 9.06. The second-order valence-corrected chi connectivity index (χ2v) is 6.78. The molecule has 0 spiro atoms. The van der Waals surface area contributed by atoms with Crippen LogP contribution in [-0.2, 0) is 5.75 Å². The summed E-state index contributed by atoms with van der Waals surface area (Å²) >= 11 is 13.8. The molecular weight excluding hydrogens is 372 g/mol. The minimum absolute atomic E-state index is 0.110. The van der Waals surface area contributed by atoms with Gasteiger partial charge in [-0.15, -0.1) is 0 Å². The van der Waals surface area contributed by atoms with Gasteiger partial charge in [-0.2, -0.15) is 11.8 Å². The quantitative estimate of drug-likeness (QED) is 0.693. The second-order valence-electron chi connectivity index (χ2n) is 4.86. The molecule has 0 bridgehead atoms. The summed E-state index contributed by atoms with van der Waals surface area (Å²) < 4.78 is 18.4.